The Morgan fingerprint density at radius 3 is 2.75 bits per heavy atom. The van der Waals surface area contributed by atoms with Gasteiger partial charge in [-0.25, -0.2) is 9.97 Å². The summed E-state index contributed by atoms with van der Waals surface area (Å²) >= 11 is 3.45. The predicted octanol–water partition coefficient (Wildman–Crippen LogP) is 2.65. The molecule has 0 aliphatic heterocycles. The van der Waals surface area contributed by atoms with Crippen LogP contribution < -0.4 is 5.32 Å². The van der Waals surface area contributed by atoms with E-state index in [-0.39, 0.29) is 0 Å². The predicted molar refractivity (Wildman–Crippen MR) is 70.3 cm³/mol. The summed E-state index contributed by atoms with van der Waals surface area (Å²) in [5.74, 6) is 0. The van der Waals surface area contributed by atoms with E-state index in [0.29, 0.717) is 0 Å². The quantitative estimate of drug-likeness (QED) is 0.910. The summed E-state index contributed by atoms with van der Waals surface area (Å²) in [5, 5.41) is 7.52. The number of hydrogen-bond acceptors (Lipinski definition) is 5. The molecular weight excluding hydrogens is 238 g/mol. The minimum absolute atomic E-state index is 0.974. The van der Waals surface area contributed by atoms with Gasteiger partial charge < -0.3 is 5.32 Å². The minimum atomic E-state index is 0.974. The largest absolute Gasteiger partial charge is 0.319 e. The second-order valence-electron chi connectivity index (χ2n) is 3.62. The van der Waals surface area contributed by atoms with Gasteiger partial charge in [-0.2, -0.15) is 0 Å². The van der Waals surface area contributed by atoms with Crippen LogP contribution in [0.2, 0.25) is 0 Å². The van der Waals surface area contributed by atoms with Gasteiger partial charge >= 0.3 is 0 Å². The molecule has 2 aromatic heterocycles. The van der Waals surface area contributed by atoms with Crippen molar-refractivity contribution in [3.05, 3.63) is 20.3 Å². The SMILES string of the molecule is CNCCc1nc(-c2nc(C)sc2C)cs1. The van der Waals surface area contributed by atoms with Crippen LogP contribution in [-0.4, -0.2) is 23.6 Å². The molecule has 0 spiro atoms. The molecule has 0 fully saturated rings. The van der Waals surface area contributed by atoms with Crippen molar-refractivity contribution in [3.8, 4) is 11.4 Å². The molecule has 0 saturated heterocycles. The Bertz CT molecular complexity index is 473. The Morgan fingerprint density at radius 1 is 1.31 bits per heavy atom. The second kappa shape index (κ2) is 5.03. The van der Waals surface area contributed by atoms with Crippen LogP contribution in [0.1, 0.15) is 14.9 Å². The average Bonchev–Trinajstić information content (AvgIpc) is 2.82. The van der Waals surface area contributed by atoms with Gasteiger partial charge in [-0.3, -0.25) is 0 Å². The molecule has 5 heteroatoms. The van der Waals surface area contributed by atoms with Crippen molar-refractivity contribution in [2.45, 2.75) is 20.3 Å². The molecular formula is C11H15N3S2. The summed E-state index contributed by atoms with van der Waals surface area (Å²) in [4.78, 5) is 10.4. The third-order valence-electron chi connectivity index (χ3n) is 2.29. The van der Waals surface area contributed by atoms with Crippen molar-refractivity contribution in [3.63, 3.8) is 0 Å². The molecule has 0 aliphatic rings. The Morgan fingerprint density at radius 2 is 2.12 bits per heavy atom. The van der Waals surface area contributed by atoms with Gasteiger partial charge in [0.15, 0.2) is 0 Å². The van der Waals surface area contributed by atoms with Crippen molar-refractivity contribution >= 4 is 22.7 Å². The van der Waals surface area contributed by atoms with Crippen LogP contribution in [0.4, 0.5) is 0 Å². The summed E-state index contributed by atoms with van der Waals surface area (Å²) < 4.78 is 0. The van der Waals surface area contributed by atoms with E-state index in [0.717, 1.165) is 29.4 Å². The van der Waals surface area contributed by atoms with Crippen molar-refractivity contribution < 1.29 is 0 Å². The lowest BCUT2D eigenvalue weighted by Crippen LogP contribution is -2.09. The zero-order valence-electron chi connectivity index (χ0n) is 9.70. The molecule has 0 amide bonds. The number of hydrogen-bond donors (Lipinski definition) is 1. The van der Waals surface area contributed by atoms with E-state index in [4.69, 9.17) is 0 Å². The number of rotatable bonds is 4. The standard InChI is InChI=1S/C11H15N3S2/c1-7-11(13-8(2)16-7)9-6-15-10(14-9)4-5-12-3/h6,12H,4-5H2,1-3H3. The van der Waals surface area contributed by atoms with E-state index in [9.17, 15) is 0 Å². The van der Waals surface area contributed by atoms with E-state index < -0.39 is 0 Å². The Labute approximate surface area is 104 Å². The van der Waals surface area contributed by atoms with Gasteiger partial charge in [0.25, 0.3) is 0 Å². The lowest BCUT2D eigenvalue weighted by atomic mass is 10.3. The lowest BCUT2D eigenvalue weighted by Gasteiger charge is -1.94. The van der Waals surface area contributed by atoms with Gasteiger partial charge in [0, 0.05) is 23.2 Å². The number of aryl methyl sites for hydroxylation is 2. The molecule has 0 bridgehead atoms. The first-order chi connectivity index (χ1) is 7.70. The molecule has 2 rings (SSSR count). The van der Waals surface area contributed by atoms with Crippen LogP contribution in [0, 0.1) is 13.8 Å². The molecule has 0 aliphatic carbocycles. The molecule has 0 saturated carbocycles. The fourth-order valence-corrected chi connectivity index (χ4v) is 3.14. The van der Waals surface area contributed by atoms with Crippen LogP contribution in [0.15, 0.2) is 5.38 Å². The summed E-state index contributed by atoms with van der Waals surface area (Å²) in [7, 11) is 1.96. The van der Waals surface area contributed by atoms with E-state index in [1.165, 1.54) is 9.88 Å². The first kappa shape index (κ1) is 11.7. The number of likely N-dealkylation sites (N-methyl/N-ethyl adjacent to an activating group) is 1. The Hall–Kier alpha value is -0.780. The Kier molecular flexibility index (Phi) is 3.68. The highest BCUT2D eigenvalue weighted by Gasteiger charge is 2.11. The molecule has 86 valence electrons. The monoisotopic (exact) mass is 253 g/mol. The maximum absolute atomic E-state index is 4.61. The molecule has 0 radical (unpaired) electrons. The van der Waals surface area contributed by atoms with E-state index in [1.807, 2.05) is 14.0 Å². The number of nitrogens with zero attached hydrogens (tertiary/aromatic N) is 2. The van der Waals surface area contributed by atoms with Crippen molar-refractivity contribution in [1.82, 2.24) is 15.3 Å². The molecule has 0 atom stereocenters. The summed E-state index contributed by atoms with van der Waals surface area (Å²) in [6.07, 6.45) is 0.989. The normalized spacial score (nSPS) is 10.9. The number of aromatic nitrogens is 2. The fourth-order valence-electron chi connectivity index (χ4n) is 1.53. The number of thiazole rings is 2. The van der Waals surface area contributed by atoms with Crippen LogP contribution in [-0.2, 0) is 6.42 Å². The maximum atomic E-state index is 4.61. The van der Waals surface area contributed by atoms with E-state index in [1.54, 1.807) is 22.7 Å². The molecule has 0 aromatic carbocycles. The smallest absolute Gasteiger partial charge is 0.104 e. The number of nitrogens with one attached hydrogen (secondary N) is 1. The first-order valence-corrected chi connectivity index (χ1v) is 6.93. The fraction of sp³-hybridized carbons (Fsp3) is 0.455. The highest BCUT2D eigenvalue weighted by molar-refractivity contribution is 7.12. The average molecular weight is 253 g/mol. The van der Waals surface area contributed by atoms with Gasteiger partial charge in [-0.05, 0) is 20.9 Å². The van der Waals surface area contributed by atoms with E-state index in [2.05, 4.69) is 27.6 Å². The second-order valence-corrected chi connectivity index (χ2v) is 5.97. The highest BCUT2D eigenvalue weighted by atomic mass is 32.1. The van der Waals surface area contributed by atoms with Gasteiger partial charge in [-0.1, -0.05) is 0 Å². The molecule has 3 nitrogen and oxygen atoms in total. The van der Waals surface area contributed by atoms with Crippen molar-refractivity contribution in [2.24, 2.45) is 0 Å². The molecule has 16 heavy (non-hydrogen) atoms. The highest BCUT2D eigenvalue weighted by Crippen LogP contribution is 2.28. The van der Waals surface area contributed by atoms with Crippen LogP contribution in [0.5, 0.6) is 0 Å². The van der Waals surface area contributed by atoms with Gasteiger partial charge in [0.05, 0.1) is 10.0 Å². The minimum Gasteiger partial charge on any atom is -0.319 e. The Balaban J connectivity index is 2.21. The third kappa shape index (κ3) is 2.48. The van der Waals surface area contributed by atoms with Crippen LogP contribution >= 0.6 is 22.7 Å². The summed E-state index contributed by atoms with van der Waals surface area (Å²) in [6.45, 7) is 5.12. The first-order valence-electron chi connectivity index (χ1n) is 5.24. The molecule has 2 aromatic rings. The maximum Gasteiger partial charge on any atom is 0.104 e. The van der Waals surface area contributed by atoms with Crippen molar-refractivity contribution in [2.75, 3.05) is 13.6 Å². The lowest BCUT2D eigenvalue weighted by molar-refractivity contribution is 0.788. The zero-order valence-corrected chi connectivity index (χ0v) is 11.3. The summed E-state index contributed by atoms with van der Waals surface area (Å²) in [5.41, 5.74) is 2.08. The van der Waals surface area contributed by atoms with Crippen LogP contribution in [0.25, 0.3) is 11.4 Å². The molecule has 2 heterocycles. The molecule has 0 unspecified atom stereocenters. The molecule has 1 N–H and O–H groups in total. The van der Waals surface area contributed by atoms with Crippen LogP contribution in [0.3, 0.4) is 0 Å². The van der Waals surface area contributed by atoms with Gasteiger partial charge in [0.2, 0.25) is 0 Å². The third-order valence-corrected chi connectivity index (χ3v) is 4.08. The zero-order chi connectivity index (χ0) is 11.5. The van der Waals surface area contributed by atoms with Gasteiger partial charge in [0.1, 0.15) is 11.4 Å². The topological polar surface area (TPSA) is 37.8 Å². The van der Waals surface area contributed by atoms with E-state index >= 15 is 0 Å². The summed E-state index contributed by atoms with van der Waals surface area (Å²) in [6, 6.07) is 0. The van der Waals surface area contributed by atoms with Crippen molar-refractivity contribution in [1.29, 1.82) is 0 Å². The van der Waals surface area contributed by atoms with Gasteiger partial charge in [-0.15, -0.1) is 22.7 Å².